The Morgan fingerprint density at radius 2 is 2.15 bits per heavy atom. The molecular weight excluding hydrogens is 317 g/mol. The van der Waals surface area contributed by atoms with Gasteiger partial charge in [-0.15, -0.1) is 36.2 Å². The SMILES string of the molecule is CN(C)C(CNC(=O)C1(N)CCC1)c1cccs1.Cl.Cl. The molecule has 1 saturated carbocycles. The number of carbonyl (C=O) groups excluding carboxylic acids is 1. The molecule has 0 saturated heterocycles. The first-order chi connectivity index (χ1) is 8.53. The summed E-state index contributed by atoms with van der Waals surface area (Å²) in [6, 6.07) is 4.36. The van der Waals surface area contributed by atoms with Crippen LogP contribution < -0.4 is 11.1 Å². The predicted octanol–water partition coefficient (Wildman–Crippen LogP) is 2.19. The molecule has 116 valence electrons. The van der Waals surface area contributed by atoms with Crippen molar-refractivity contribution in [3.05, 3.63) is 22.4 Å². The lowest BCUT2D eigenvalue weighted by atomic mass is 9.77. The summed E-state index contributed by atoms with van der Waals surface area (Å²) in [4.78, 5) is 15.4. The Hall–Kier alpha value is -0.330. The zero-order chi connectivity index (χ0) is 13.2. The van der Waals surface area contributed by atoms with Gasteiger partial charge in [-0.25, -0.2) is 0 Å². The smallest absolute Gasteiger partial charge is 0.240 e. The minimum atomic E-state index is -0.605. The molecule has 4 nitrogen and oxygen atoms in total. The number of likely N-dealkylation sites (N-methyl/N-ethyl adjacent to an activating group) is 1. The number of amides is 1. The molecule has 0 spiro atoms. The molecule has 1 aliphatic rings. The third kappa shape index (κ3) is 4.33. The van der Waals surface area contributed by atoms with Gasteiger partial charge < -0.3 is 16.0 Å². The summed E-state index contributed by atoms with van der Waals surface area (Å²) in [5.41, 5.74) is 5.40. The Morgan fingerprint density at radius 3 is 2.55 bits per heavy atom. The standard InChI is InChI=1S/C13H21N3OS.2ClH/c1-16(2)10(11-5-3-8-18-11)9-15-12(17)13(14)6-4-7-13;;/h3,5,8,10H,4,6-7,9,14H2,1-2H3,(H,15,17);2*1H. The summed E-state index contributed by atoms with van der Waals surface area (Å²) < 4.78 is 0. The molecule has 1 aliphatic carbocycles. The van der Waals surface area contributed by atoms with E-state index in [9.17, 15) is 4.79 Å². The van der Waals surface area contributed by atoms with Crippen molar-refractivity contribution in [1.82, 2.24) is 10.2 Å². The lowest BCUT2D eigenvalue weighted by molar-refractivity contribution is -0.129. The summed E-state index contributed by atoms with van der Waals surface area (Å²) in [5, 5.41) is 5.06. The van der Waals surface area contributed by atoms with Gasteiger partial charge in [-0.3, -0.25) is 4.79 Å². The topological polar surface area (TPSA) is 58.4 Å². The lowest BCUT2D eigenvalue weighted by Gasteiger charge is -2.37. The molecule has 7 heteroatoms. The first kappa shape index (κ1) is 19.7. The van der Waals surface area contributed by atoms with Crippen molar-refractivity contribution >= 4 is 42.1 Å². The fourth-order valence-electron chi connectivity index (χ4n) is 2.17. The van der Waals surface area contributed by atoms with E-state index in [0.717, 1.165) is 19.3 Å². The van der Waals surface area contributed by atoms with Gasteiger partial charge in [0.15, 0.2) is 0 Å². The maximum atomic E-state index is 12.0. The van der Waals surface area contributed by atoms with Gasteiger partial charge in [-0.05, 0) is 44.8 Å². The van der Waals surface area contributed by atoms with Crippen LogP contribution in [0.4, 0.5) is 0 Å². The van der Waals surface area contributed by atoms with Crippen LogP contribution in [0.25, 0.3) is 0 Å². The Balaban J connectivity index is 0.00000180. The highest BCUT2D eigenvalue weighted by Gasteiger charge is 2.40. The summed E-state index contributed by atoms with van der Waals surface area (Å²) in [6.45, 7) is 0.616. The highest BCUT2D eigenvalue weighted by atomic mass is 35.5. The van der Waals surface area contributed by atoms with Gasteiger partial charge in [0.05, 0.1) is 11.6 Å². The van der Waals surface area contributed by atoms with Gasteiger partial charge >= 0.3 is 0 Å². The van der Waals surface area contributed by atoms with E-state index in [2.05, 4.69) is 21.7 Å². The normalized spacial score (nSPS) is 17.4. The number of hydrogen-bond acceptors (Lipinski definition) is 4. The van der Waals surface area contributed by atoms with Gasteiger partial charge in [-0.2, -0.15) is 0 Å². The summed E-state index contributed by atoms with van der Waals surface area (Å²) >= 11 is 1.71. The number of nitrogens with zero attached hydrogens (tertiary/aromatic N) is 1. The van der Waals surface area contributed by atoms with Gasteiger partial charge in [0, 0.05) is 11.4 Å². The average molecular weight is 340 g/mol. The molecule has 1 amide bonds. The molecule has 1 fully saturated rings. The van der Waals surface area contributed by atoms with Crippen molar-refractivity contribution in [3.8, 4) is 0 Å². The molecule has 0 aliphatic heterocycles. The first-order valence-electron chi connectivity index (χ1n) is 6.30. The molecule has 0 aromatic carbocycles. The maximum absolute atomic E-state index is 12.0. The highest BCUT2D eigenvalue weighted by molar-refractivity contribution is 7.10. The molecule has 0 bridgehead atoms. The second-order valence-electron chi connectivity index (χ2n) is 5.21. The second-order valence-corrected chi connectivity index (χ2v) is 6.19. The minimum absolute atomic E-state index is 0. The minimum Gasteiger partial charge on any atom is -0.353 e. The van der Waals surface area contributed by atoms with Crippen LogP contribution in [0.15, 0.2) is 17.5 Å². The average Bonchev–Trinajstić information content (AvgIpc) is 2.79. The van der Waals surface area contributed by atoms with Crippen LogP contribution in [-0.2, 0) is 4.79 Å². The third-order valence-corrected chi connectivity index (χ3v) is 4.62. The van der Waals surface area contributed by atoms with E-state index < -0.39 is 5.54 Å². The summed E-state index contributed by atoms with van der Waals surface area (Å²) in [7, 11) is 4.05. The van der Waals surface area contributed by atoms with E-state index >= 15 is 0 Å². The Morgan fingerprint density at radius 1 is 1.50 bits per heavy atom. The van der Waals surface area contributed by atoms with E-state index in [1.807, 2.05) is 20.2 Å². The Bertz CT molecular complexity index is 408. The molecule has 1 heterocycles. The zero-order valence-electron chi connectivity index (χ0n) is 11.8. The quantitative estimate of drug-likeness (QED) is 0.864. The van der Waals surface area contributed by atoms with E-state index in [-0.39, 0.29) is 36.8 Å². The Labute approximate surface area is 136 Å². The fraction of sp³-hybridized carbons (Fsp3) is 0.615. The number of nitrogens with one attached hydrogen (secondary N) is 1. The summed E-state index contributed by atoms with van der Waals surface area (Å²) in [6.07, 6.45) is 2.68. The molecule has 1 aromatic rings. The second kappa shape index (κ2) is 8.20. The molecule has 0 radical (unpaired) electrons. The number of rotatable bonds is 5. The van der Waals surface area contributed by atoms with Crippen molar-refractivity contribution in [2.45, 2.75) is 30.8 Å². The molecule has 20 heavy (non-hydrogen) atoms. The maximum Gasteiger partial charge on any atom is 0.240 e. The van der Waals surface area contributed by atoms with Crippen LogP contribution in [-0.4, -0.2) is 37.0 Å². The molecule has 1 aromatic heterocycles. The zero-order valence-corrected chi connectivity index (χ0v) is 14.2. The van der Waals surface area contributed by atoms with Crippen molar-refractivity contribution in [3.63, 3.8) is 0 Å². The van der Waals surface area contributed by atoms with Crippen LogP contribution >= 0.6 is 36.2 Å². The molecule has 2 rings (SSSR count). The van der Waals surface area contributed by atoms with E-state index in [1.54, 1.807) is 11.3 Å². The molecule has 1 atom stereocenters. The largest absolute Gasteiger partial charge is 0.353 e. The first-order valence-corrected chi connectivity index (χ1v) is 7.18. The van der Waals surface area contributed by atoms with Crippen LogP contribution in [0.3, 0.4) is 0 Å². The van der Waals surface area contributed by atoms with Crippen LogP contribution in [0, 0.1) is 0 Å². The van der Waals surface area contributed by atoms with Crippen LogP contribution in [0.5, 0.6) is 0 Å². The number of carbonyl (C=O) groups is 1. The molecule has 3 N–H and O–H groups in total. The monoisotopic (exact) mass is 339 g/mol. The molecule has 1 unspecified atom stereocenters. The van der Waals surface area contributed by atoms with Crippen molar-refractivity contribution in [2.24, 2.45) is 5.73 Å². The van der Waals surface area contributed by atoms with Crippen molar-refractivity contribution < 1.29 is 4.79 Å². The highest BCUT2D eigenvalue weighted by Crippen LogP contribution is 2.29. The fourth-order valence-corrected chi connectivity index (χ4v) is 3.09. The van der Waals surface area contributed by atoms with Crippen molar-refractivity contribution in [1.29, 1.82) is 0 Å². The van der Waals surface area contributed by atoms with E-state index in [1.165, 1.54) is 4.88 Å². The predicted molar refractivity (Wildman–Crippen MR) is 89.0 cm³/mol. The molecular formula is C13H23Cl2N3OS. The number of halogens is 2. The van der Waals surface area contributed by atoms with Crippen LogP contribution in [0.2, 0.25) is 0 Å². The van der Waals surface area contributed by atoms with Gasteiger partial charge in [-0.1, -0.05) is 6.07 Å². The van der Waals surface area contributed by atoms with Crippen molar-refractivity contribution in [2.75, 3.05) is 20.6 Å². The van der Waals surface area contributed by atoms with E-state index in [0.29, 0.717) is 6.54 Å². The Kier molecular flexibility index (Phi) is 8.06. The van der Waals surface area contributed by atoms with Crippen LogP contribution in [0.1, 0.15) is 30.2 Å². The van der Waals surface area contributed by atoms with Gasteiger partial charge in [0.2, 0.25) is 5.91 Å². The summed E-state index contributed by atoms with van der Waals surface area (Å²) in [5.74, 6) is -0.00263. The van der Waals surface area contributed by atoms with Gasteiger partial charge in [0.1, 0.15) is 0 Å². The lowest BCUT2D eigenvalue weighted by Crippen LogP contribution is -2.59. The van der Waals surface area contributed by atoms with E-state index in [4.69, 9.17) is 5.73 Å². The number of thiophene rings is 1. The third-order valence-electron chi connectivity index (χ3n) is 3.65. The number of nitrogens with two attached hydrogens (primary N) is 1. The van der Waals surface area contributed by atoms with Gasteiger partial charge in [0.25, 0.3) is 0 Å². The number of hydrogen-bond donors (Lipinski definition) is 2.